The Balaban J connectivity index is 1.61. The Hall–Kier alpha value is -4.52. The number of nitrogens with one attached hydrogen (secondary N) is 3. The highest BCUT2D eigenvalue weighted by atomic mass is 16.5. The molecule has 10 nitrogen and oxygen atoms in total. The highest BCUT2D eigenvalue weighted by molar-refractivity contribution is 5.94. The molecule has 174 valence electrons. The van der Waals surface area contributed by atoms with Crippen LogP contribution in [0.3, 0.4) is 0 Å². The Kier molecular flexibility index (Phi) is 8.46. The fraction of sp³-hybridized carbons (Fsp3) is 0.250. The molecule has 0 unspecified atom stereocenters. The number of benzene rings is 1. The third-order valence-electron chi connectivity index (χ3n) is 4.96. The zero-order valence-corrected chi connectivity index (χ0v) is 19.0. The molecule has 0 aliphatic carbocycles. The molecule has 0 radical (unpaired) electrons. The maximum absolute atomic E-state index is 12.0. The van der Waals surface area contributed by atoms with Crippen molar-refractivity contribution in [2.45, 2.75) is 12.8 Å². The van der Waals surface area contributed by atoms with Crippen molar-refractivity contribution in [3.63, 3.8) is 0 Å². The smallest absolute Gasteiger partial charge is 0.269 e. The van der Waals surface area contributed by atoms with Crippen LogP contribution in [0.2, 0.25) is 0 Å². The van der Waals surface area contributed by atoms with Crippen molar-refractivity contribution in [1.29, 1.82) is 5.26 Å². The van der Waals surface area contributed by atoms with E-state index in [-0.39, 0.29) is 30.5 Å². The summed E-state index contributed by atoms with van der Waals surface area (Å²) in [5.74, 6) is 0.794. The van der Waals surface area contributed by atoms with Crippen LogP contribution in [-0.4, -0.2) is 54.0 Å². The minimum atomic E-state index is -0.328. The lowest BCUT2D eigenvalue weighted by Gasteiger charge is -2.11. The molecule has 3 aromatic rings. The Morgan fingerprint density at radius 3 is 2.62 bits per heavy atom. The van der Waals surface area contributed by atoms with Crippen molar-refractivity contribution in [1.82, 2.24) is 25.6 Å². The summed E-state index contributed by atoms with van der Waals surface area (Å²) >= 11 is 0. The first-order chi connectivity index (χ1) is 16.5. The van der Waals surface area contributed by atoms with E-state index in [2.05, 4.69) is 30.9 Å². The van der Waals surface area contributed by atoms with Crippen LogP contribution in [0.5, 0.6) is 5.75 Å². The van der Waals surface area contributed by atoms with Crippen molar-refractivity contribution >= 4 is 17.6 Å². The molecule has 10 heteroatoms. The maximum atomic E-state index is 12.0. The van der Waals surface area contributed by atoms with Crippen LogP contribution in [0.1, 0.15) is 32.8 Å². The topological polar surface area (TPSA) is 142 Å². The molecule has 0 spiro atoms. The molecule has 34 heavy (non-hydrogen) atoms. The number of pyridine rings is 1. The van der Waals surface area contributed by atoms with Crippen LogP contribution < -0.4 is 20.7 Å². The summed E-state index contributed by atoms with van der Waals surface area (Å²) < 4.78 is 5.43. The van der Waals surface area contributed by atoms with Crippen molar-refractivity contribution in [3.05, 3.63) is 65.7 Å². The Morgan fingerprint density at radius 2 is 1.91 bits per heavy atom. The highest BCUT2D eigenvalue weighted by Gasteiger charge is 2.10. The molecule has 2 heterocycles. The Morgan fingerprint density at radius 1 is 1.06 bits per heavy atom. The summed E-state index contributed by atoms with van der Waals surface area (Å²) in [5, 5.41) is 17.1. The summed E-state index contributed by atoms with van der Waals surface area (Å²) in [4.78, 5) is 36.6. The molecule has 0 fully saturated rings. The second kappa shape index (κ2) is 11.9. The van der Waals surface area contributed by atoms with E-state index in [0.29, 0.717) is 35.8 Å². The molecular formula is C24H25N7O3. The fourth-order valence-corrected chi connectivity index (χ4v) is 3.18. The summed E-state index contributed by atoms with van der Waals surface area (Å²) in [6.07, 6.45) is 3.94. The molecule has 2 aromatic heterocycles. The van der Waals surface area contributed by atoms with Gasteiger partial charge in [0.05, 0.1) is 25.3 Å². The summed E-state index contributed by atoms with van der Waals surface area (Å²) in [7, 11) is 3.16. The molecule has 3 N–H and O–H groups in total. The van der Waals surface area contributed by atoms with Gasteiger partial charge < -0.3 is 20.7 Å². The first-order valence-electron chi connectivity index (χ1n) is 10.6. The quantitative estimate of drug-likeness (QED) is 0.392. The van der Waals surface area contributed by atoms with Crippen LogP contribution in [0.25, 0.3) is 11.3 Å². The van der Waals surface area contributed by atoms with Gasteiger partial charge in [0.15, 0.2) is 0 Å². The number of nitrogens with zero attached hydrogens (tertiary/aromatic N) is 4. The lowest BCUT2D eigenvalue weighted by atomic mass is 10.1. The highest BCUT2D eigenvalue weighted by Crippen LogP contribution is 2.22. The number of carbonyl (C=O) groups is 2. The van der Waals surface area contributed by atoms with Gasteiger partial charge >= 0.3 is 0 Å². The van der Waals surface area contributed by atoms with Crippen LogP contribution >= 0.6 is 0 Å². The molecule has 3 rings (SSSR count). The van der Waals surface area contributed by atoms with E-state index in [0.717, 1.165) is 11.1 Å². The second-order valence-electron chi connectivity index (χ2n) is 7.17. The molecule has 0 aliphatic rings. The van der Waals surface area contributed by atoms with E-state index in [1.165, 1.54) is 6.33 Å². The molecule has 0 saturated carbocycles. The van der Waals surface area contributed by atoms with Gasteiger partial charge in [0.1, 0.15) is 23.6 Å². The van der Waals surface area contributed by atoms with Gasteiger partial charge in [0, 0.05) is 43.5 Å². The first kappa shape index (κ1) is 24.1. The lowest BCUT2D eigenvalue weighted by molar-refractivity contribution is 0.0946. The van der Waals surface area contributed by atoms with Crippen molar-refractivity contribution < 1.29 is 14.3 Å². The van der Waals surface area contributed by atoms with Crippen molar-refractivity contribution in [2.75, 3.05) is 32.6 Å². The van der Waals surface area contributed by atoms with E-state index in [4.69, 9.17) is 10.00 Å². The molecule has 1 aromatic carbocycles. The molecule has 0 aliphatic heterocycles. The van der Waals surface area contributed by atoms with Crippen LogP contribution in [0.4, 0.5) is 5.82 Å². The predicted molar refractivity (Wildman–Crippen MR) is 126 cm³/mol. The largest absolute Gasteiger partial charge is 0.496 e. The number of carbonyl (C=O) groups excluding carboxylic acids is 2. The maximum Gasteiger partial charge on any atom is 0.269 e. The molecular weight excluding hydrogens is 434 g/mol. The van der Waals surface area contributed by atoms with Gasteiger partial charge in [-0.25, -0.2) is 9.97 Å². The lowest BCUT2D eigenvalue weighted by Crippen LogP contribution is -2.25. The monoisotopic (exact) mass is 459 g/mol. The number of anilines is 1. The third-order valence-corrected chi connectivity index (χ3v) is 4.96. The second-order valence-corrected chi connectivity index (χ2v) is 7.17. The Labute approximate surface area is 197 Å². The SMILES string of the molecule is CNC(=O)c1ccc(CCNc2cc(-c3ccc(C(=O)NCCC#N)nc3)ncn2)c(OC)c1. The average Bonchev–Trinajstić information content (AvgIpc) is 2.88. The van der Waals surface area contributed by atoms with Crippen molar-refractivity contribution in [3.8, 4) is 23.1 Å². The van der Waals surface area contributed by atoms with Crippen molar-refractivity contribution in [2.24, 2.45) is 0 Å². The van der Waals surface area contributed by atoms with E-state index < -0.39 is 0 Å². The average molecular weight is 460 g/mol. The number of hydrogen-bond donors (Lipinski definition) is 3. The van der Waals surface area contributed by atoms with E-state index in [1.807, 2.05) is 12.1 Å². The zero-order chi connectivity index (χ0) is 24.3. The van der Waals surface area contributed by atoms with Gasteiger partial charge in [-0.1, -0.05) is 6.07 Å². The van der Waals surface area contributed by atoms with E-state index in [9.17, 15) is 9.59 Å². The normalized spacial score (nSPS) is 10.1. The number of aromatic nitrogens is 3. The number of ether oxygens (including phenoxy) is 1. The van der Waals surface area contributed by atoms with Gasteiger partial charge in [-0.05, 0) is 36.2 Å². The van der Waals surface area contributed by atoms with Gasteiger partial charge in [-0.3, -0.25) is 14.6 Å². The number of hydrogen-bond acceptors (Lipinski definition) is 8. The van der Waals surface area contributed by atoms with E-state index >= 15 is 0 Å². The molecule has 2 amide bonds. The van der Waals surface area contributed by atoms with Gasteiger partial charge in [0.2, 0.25) is 0 Å². The van der Waals surface area contributed by atoms with Crippen LogP contribution in [0.15, 0.2) is 48.9 Å². The third kappa shape index (κ3) is 6.26. The van der Waals surface area contributed by atoms with Crippen LogP contribution in [-0.2, 0) is 6.42 Å². The van der Waals surface area contributed by atoms with Crippen LogP contribution in [0, 0.1) is 11.3 Å². The summed E-state index contributed by atoms with van der Waals surface area (Å²) in [6, 6.07) is 12.5. The minimum absolute atomic E-state index is 0.168. The van der Waals surface area contributed by atoms with Gasteiger partial charge in [-0.2, -0.15) is 5.26 Å². The number of methoxy groups -OCH3 is 1. The van der Waals surface area contributed by atoms with Gasteiger partial charge in [-0.15, -0.1) is 0 Å². The standard InChI is InChI=1S/C24H25N7O3/c1-26-23(32)17-5-4-16(21(12-17)34-2)8-11-27-22-13-20(30-15-31-22)18-6-7-19(29-14-18)24(33)28-10-3-9-25/h4-7,12-15H,3,8,10-11H2,1-2H3,(H,26,32)(H,28,33)(H,27,30,31). The first-order valence-corrected chi connectivity index (χ1v) is 10.6. The summed E-state index contributed by atoms with van der Waals surface area (Å²) in [6.45, 7) is 0.871. The fourth-order valence-electron chi connectivity index (χ4n) is 3.18. The number of rotatable bonds is 10. The Bertz CT molecular complexity index is 1190. The summed E-state index contributed by atoms with van der Waals surface area (Å²) in [5.41, 5.74) is 3.17. The number of nitriles is 1. The number of amides is 2. The van der Waals surface area contributed by atoms with E-state index in [1.54, 1.807) is 50.7 Å². The van der Waals surface area contributed by atoms with Gasteiger partial charge in [0.25, 0.3) is 11.8 Å². The predicted octanol–water partition coefficient (Wildman–Crippen LogP) is 2.20. The zero-order valence-electron chi connectivity index (χ0n) is 19.0. The minimum Gasteiger partial charge on any atom is -0.496 e. The molecule has 0 bridgehead atoms. The molecule has 0 saturated heterocycles. The molecule has 0 atom stereocenters.